The van der Waals surface area contributed by atoms with Crippen molar-refractivity contribution in [3.63, 3.8) is 0 Å². The van der Waals surface area contributed by atoms with Crippen LogP contribution >= 0.6 is 35.6 Å². The van der Waals surface area contributed by atoms with Gasteiger partial charge in [0.25, 0.3) is 5.91 Å². The average Bonchev–Trinajstić information content (AvgIpc) is 3.42. The van der Waals surface area contributed by atoms with Crippen LogP contribution < -0.4 is 4.74 Å². The van der Waals surface area contributed by atoms with E-state index in [1.807, 2.05) is 72.8 Å². The van der Waals surface area contributed by atoms with Crippen molar-refractivity contribution in [3.8, 4) is 5.75 Å². The lowest BCUT2D eigenvalue weighted by Gasteiger charge is -2.38. The number of fused-ring (bicyclic) bond motifs is 3. The summed E-state index contributed by atoms with van der Waals surface area (Å²) in [4.78, 5) is 14.5. The highest BCUT2D eigenvalue weighted by Crippen LogP contribution is 2.47. The highest BCUT2D eigenvalue weighted by molar-refractivity contribution is 8.26. The predicted molar refractivity (Wildman–Crippen MR) is 144 cm³/mol. The van der Waals surface area contributed by atoms with Gasteiger partial charge in [-0.15, -0.1) is 0 Å². The summed E-state index contributed by atoms with van der Waals surface area (Å²) in [7, 11) is 1.70. The second-order valence-corrected chi connectivity index (χ2v) is 10.7. The molecule has 3 heterocycles. The third kappa shape index (κ3) is 4.03. The van der Waals surface area contributed by atoms with E-state index >= 15 is 0 Å². The maximum atomic E-state index is 12.3. The molecule has 0 saturated carbocycles. The standard InChI is InChI=1S/C27H20ClN3O2S2/c1-30-25(32)24(35-27(30)34)14-16-6-8-18(9-7-16)26-31-22(20-4-2-3-5-23(20)33-26)15-21(29-31)17-10-12-19(28)13-11-17/h2-14,22,26H,15H2,1H3/b24-14-. The molecule has 5 nitrogen and oxygen atoms in total. The van der Waals surface area contributed by atoms with Gasteiger partial charge in [-0.05, 0) is 35.4 Å². The number of benzene rings is 3. The molecule has 3 aliphatic heterocycles. The number of halogens is 1. The Morgan fingerprint density at radius 2 is 1.83 bits per heavy atom. The van der Waals surface area contributed by atoms with Crippen LogP contribution in [0.3, 0.4) is 0 Å². The summed E-state index contributed by atoms with van der Waals surface area (Å²) in [5.74, 6) is 0.808. The molecule has 3 aromatic rings. The topological polar surface area (TPSA) is 45.1 Å². The fourth-order valence-electron chi connectivity index (χ4n) is 4.52. The van der Waals surface area contributed by atoms with E-state index in [1.54, 1.807) is 7.05 Å². The van der Waals surface area contributed by atoms with Crippen molar-refractivity contribution < 1.29 is 9.53 Å². The van der Waals surface area contributed by atoms with E-state index in [2.05, 4.69) is 11.1 Å². The summed E-state index contributed by atoms with van der Waals surface area (Å²) in [5.41, 5.74) is 5.13. The number of ether oxygens (including phenoxy) is 1. The summed E-state index contributed by atoms with van der Waals surface area (Å²) in [6.45, 7) is 0. The minimum atomic E-state index is -0.359. The normalized spacial score (nSPS) is 22.2. The van der Waals surface area contributed by atoms with E-state index in [1.165, 1.54) is 16.7 Å². The number of hydrazone groups is 1. The second kappa shape index (κ2) is 8.82. The van der Waals surface area contributed by atoms with E-state index in [0.29, 0.717) is 14.2 Å². The Kier molecular flexibility index (Phi) is 5.63. The van der Waals surface area contributed by atoms with Crippen molar-refractivity contribution >= 4 is 57.6 Å². The molecule has 0 radical (unpaired) electrons. The molecule has 1 amide bonds. The fraction of sp³-hybridized carbons (Fsp3) is 0.148. The van der Waals surface area contributed by atoms with Crippen molar-refractivity contribution in [2.24, 2.45) is 5.10 Å². The van der Waals surface area contributed by atoms with Gasteiger partial charge in [0, 0.05) is 29.6 Å². The van der Waals surface area contributed by atoms with E-state index in [0.717, 1.165) is 40.1 Å². The zero-order valence-corrected chi connectivity index (χ0v) is 21.1. The van der Waals surface area contributed by atoms with Gasteiger partial charge in [-0.2, -0.15) is 5.10 Å². The van der Waals surface area contributed by atoms with Crippen LogP contribution in [0.5, 0.6) is 5.75 Å². The molecule has 1 fully saturated rings. The number of nitrogens with zero attached hydrogens (tertiary/aromatic N) is 3. The molecule has 0 bridgehead atoms. The van der Waals surface area contributed by atoms with E-state index < -0.39 is 0 Å². The maximum absolute atomic E-state index is 12.3. The Balaban J connectivity index is 1.33. The SMILES string of the molecule is CN1C(=O)/C(=C/c2ccc(C3Oc4ccccc4C4CC(c5ccc(Cl)cc5)=NN43)cc2)SC1=S. The zero-order chi connectivity index (χ0) is 24.1. The first-order valence-corrected chi connectivity index (χ1v) is 12.8. The number of amides is 1. The number of hydrogen-bond donors (Lipinski definition) is 0. The Morgan fingerprint density at radius 1 is 1.09 bits per heavy atom. The average molecular weight is 518 g/mol. The van der Waals surface area contributed by atoms with Gasteiger partial charge in [0.2, 0.25) is 6.23 Å². The molecule has 3 aliphatic rings. The largest absolute Gasteiger partial charge is 0.464 e. The van der Waals surface area contributed by atoms with E-state index in [-0.39, 0.29) is 18.2 Å². The quantitative estimate of drug-likeness (QED) is 0.296. The summed E-state index contributed by atoms with van der Waals surface area (Å²) in [6, 6.07) is 24.1. The van der Waals surface area contributed by atoms with Gasteiger partial charge in [-0.25, -0.2) is 5.01 Å². The number of carbonyl (C=O) groups excluding carboxylic acids is 1. The molecule has 0 aromatic heterocycles. The molecule has 2 unspecified atom stereocenters. The summed E-state index contributed by atoms with van der Waals surface area (Å²) in [6.07, 6.45) is 2.30. The molecule has 2 atom stereocenters. The molecule has 0 aliphatic carbocycles. The van der Waals surface area contributed by atoms with Gasteiger partial charge < -0.3 is 4.74 Å². The molecule has 0 N–H and O–H groups in total. The van der Waals surface area contributed by atoms with Crippen LogP contribution in [0.2, 0.25) is 5.02 Å². The molecule has 1 saturated heterocycles. The van der Waals surface area contributed by atoms with Crippen molar-refractivity contribution in [1.82, 2.24) is 9.91 Å². The molecule has 35 heavy (non-hydrogen) atoms. The smallest absolute Gasteiger partial charge is 0.265 e. The van der Waals surface area contributed by atoms with Crippen LogP contribution in [0.15, 0.2) is 82.8 Å². The van der Waals surface area contributed by atoms with Gasteiger partial charge in [-0.1, -0.05) is 90.2 Å². The van der Waals surface area contributed by atoms with Gasteiger partial charge in [0.05, 0.1) is 16.7 Å². The lowest BCUT2D eigenvalue weighted by Crippen LogP contribution is -2.33. The number of rotatable bonds is 3. The number of thioether (sulfide) groups is 1. The van der Waals surface area contributed by atoms with E-state index in [9.17, 15) is 4.79 Å². The first-order chi connectivity index (χ1) is 17.0. The predicted octanol–water partition coefficient (Wildman–Crippen LogP) is 6.41. The number of hydrogen-bond acceptors (Lipinski definition) is 6. The lowest BCUT2D eigenvalue weighted by molar-refractivity contribution is -0.121. The van der Waals surface area contributed by atoms with Gasteiger partial charge in [-0.3, -0.25) is 9.69 Å². The van der Waals surface area contributed by atoms with Crippen LogP contribution in [0.1, 0.15) is 40.9 Å². The molecule has 6 rings (SSSR count). The van der Waals surface area contributed by atoms with Crippen molar-refractivity contribution in [2.45, 2.75) is 18.7 Å². The Labute approximate surface area is 218 Å². The number of likely N-dealkylation sites (N-methyl/N-ethyl adjacent to an activating group) is 1. The number of para-hydroxylation sites is 1. The van der Waals surface area contributed by atoms with Crippen molar-refractivity contribution in [2.75, 3.05) is 7.05 Å². The van der Waals surface area contributed by atoms with Crippen LogP contribution in [-0.4, -0.2) is 32.9 Å². The van der Waals surface area contributed by atoms with E-state index in [4.69, 9.17) is 33.7 Å². The third-order valence-corrected chi connectivity index (χ3v) is 8.12. The molecule has 174 valence electrons. The molecule has 0 spiro atoms. The van der Waals surface area contributed by atoms with Crippen LogP contribution in [0, 0.1) is 0 Å². The van der Waals surface area contributed by atoms with Crippen molar-refractivity contribution in [1.29, 1.82) is 0 Å². The van der Waals surface area contributed by atoms with Gasteiger partial charge in [0.1, 0.15) is 10.1 Å². The first-order valence-electron chi connectivity index (χ1n) is 11.2. The zero-order valence-electron chi connectivity index (χ0n) is 18.7. The van der Waals surface area contributed by atoms with Crippen LogP contribution in [0.25, 0.3) is 6.08 Å². The fourth-order valence-corrected chi connectivity index (χ4v) is 5.83. The van der Waals surface area contributed by atoms with Gasteiger partial charge >= 0.3 is 0 Å². The molecule has 3 aromatic carbocycles. The number of carbonyl (C=O) groups is 1. The maximum Gasteiger partial charge on any atom is 0.265 e. The van der Waals surface area contributed by atoms with Crippen molar-refractivity contribution in [3.05, 3.63) is 105 Å². The summed E-state index contributed by atoms with van der Waals surface area (Å²) >= 11 is 12.6. The third-order valence-electron chi connectivity index (χ3n) is 6.38. The summed E-state index contributed by atoms with van der Waals surface area (Å²) in [5, 5.41) is 7.77. The van der Waals surface area contributed by atoms with Gasteiger partial charge in [0.15, 0.2) is 0 Å². The highest BCUT2D eigenvalue weighted by Gasteiger charge is 2.40. The minimum Gasteiger partial charge on any atom is -0.464 e. The molecular formula is C27H20ClN3O2S2. The Bertz CT molecular complexity index is 1400. The Morgan fingerprint density at radius 3 is 2.54 bits per heavy atom. The number of thiocarbonyl (C=S) groups is 1. The Hall–Kier alpha value is -3.13. The highest BCUT2D eigenvalue weighted by atomic mass is 35.5. The van der Waals surface area contributed by atoms with Crippen LogP contribution in [-0.2, 0) is 4.79 Å². The minimum absolute atomic E-state index is 0.0692. The summed E-state index contributed by atoms with van der Waals surface area (Å²) < 4.78 is 7.02. The first kappa shape index (κ1) is 22.3. The molecular weight excluding hydrogens is 498 g/mol. The molecule has 8 heteroatoms. The monoisotopic (exact) mass is 517 g/mol. The second-order valence-electron chi connectivity index (χ2n) is 8.57. The lowest BCUT2D eigenvalue weighted by atomic mass is 9.96. The van der Waals surface area contributed by atoms with Crippen LogP contribution in [0.4, 0.5) is 0 Å².